The molecule has 7 nitrogen and oxygen atoms in total. The second-order valence-corrected chi connectivity index (χ2v) is 10.4. The number of aromatic nitrogens is 3. The smallest absolute Gasteiger partial charge is 0.305 e. The first-order chi connectivity index (χ1) is 15.8. The van der Waals surface area contributed by atoms with Crippen molar-refractivity contribution in [1.29, 1.82) is 0 Å². The minimum Gasteiger partial charge on any atom is -0.466 e. The summed E-state index contributed by atoms with van der Waals surface area (Å²) in [7, 11) is 0. The Bertz CT molecular complexity index is 928. The highest BCUT2D eigenvalue weighted by Gasteiger charge is 2.25. The Hall–Kier alpha value is -2.35. The zero-order valence-electron chi connectivity index (χ0n) is 20.2. The fourth-order valence-electron chi connectivity index (χ4n) is 4.06. The Labute approximate surface area is 201 Å². The molecule has 8 heteroatoms. The van der Waals surface area contributed by atoms with Crippen LogP contribution < -0.4 is 5.32 Å². The molecular weight excluding hydrogens is 436 g/mol. The second-order valence-electron chi connectivity index (χ2n) is 9.49. The van der Waals surface area contributed by atoms with Gasteiger partial charge in [-0.1, -0.05) is 69.6 Å². The van der Waals surface area contributed by atoms with E-state index in [4.69, 9.17) is 4.74 Å². The van der Waals surface area contributed by atoms with Crippen LogP contribution in [0.2, 0.25) is 0 Å². The van der Waals surface area contributed by atoms with Crippen molar-refractivity contribution in [2.45, 2.75) is 82.8 Å². The molecule has 0 atom stereocenters. The summed E-state index contributed by atoms with van der Waals surface area (Å²) in [5.41, 5.74) is 2.44. The molecular formula is C25H36N4O3S. The molecule has 0 radical (unpaired) electrons. The van der Waals surface area contributed by atoms with Gasteiger partial charge in [0.25, 0.3) is 0 Å². The number of nitrogens with zero attached hydrogens (tertiary/aromatic N) is 3. The lowest BCUT2D eigenvalue weighted by atomic mass is 9.86. The highest BCUT2D eigenvalue weighted by molar-refractivity contribution is 7.99. The Balaban J connectivity index is 1.64. The van der Waals surface area contributed by atoms with Gasteiger partial charge in [0.2, 0.25) is 5.91 Å². The summed E-state index contributed by atoms with van der Waals surface area (Å²) in [6, 6.07) is 8.95. The summed E-state index contributed by atoms with van der Waals surface area (Å²) < 4.78 is 7.14. The largest absolute Gasteiger partial charge is 0.466 e. The number of carbonyl (C=O) groups is 2. The summed E-state index contributed by atoms with van der Waals surface area (Å²) in [6.07, 6.45) is 5.51. The number of nitrogens with one attached hydrogen (secondary N) is 1. The molecule has 1 amide bonds. The number of carbonyl (C=O) groups excluding carboxylic acids is 2. The number of amides is 1. The monoisotopic (exact) mass is 472 g/mol. The second kappa shape index (κ2) is 11.7. The van der Waals surface area contributed by atoms with E-state index in [9.17, 15) is 9.59 Å². The number of hydrogen-bond donors (Lipinski definition) is 1. The van der Waals surface area contributed by atoms with Crippen molar-refractivity contribution in [3.8, 4) is 11.4 Å². The number of hydrogen-bond acceptors (Lipinski definition) is 6. The fourth-order valence-corrected chi connectivity index (χ4v) is 4.89. The van der Waals surface area contributed by atoms with Crippen LogP contribution in [-0.4, -0.2) is 45.5 Å². The molecule has 1 heterocycles. The third kappa shape index (κ3) is 7.06. The highest BCUT2D eigenvalue weighted by atomic mass is 32.2. The standard InChI is InChI=1S/C25H36N4O3S/c1-5-32-22(31)11-8-16-26-21(30)17-33-24-28-27-23(29(24)20-9-6-7-10-20)18-12-14-19(15-13-18)25(2,3)4/h12-15,20H,5-11,16-17H2,1-4H3,(H,26,30). The molecule has 1 aliphatic carbocycles. The lowest BCUT2D eigenvalue weighted by Gasteiger charge is -2.20. The zero-order chi connectivity index (χ0) is 23.8. The molecule has 1 N–H and O–H groups in total. The number of ether oxygens (including phenoxy) is 1. The van der Waals surface area contributed by atoms with Gasteiger partial charge in [-0.15, -0.1) is 10.2 Å². The van der Waals surface area contributed by atoms with Crippen molar-refractivity contribution in [3.63, 3.8) is 0 Å². The van der Waals surface area contributed by atoms with E-state index < -0.39 is 0 Å². The van der Waals surface area contributed by atoms with Crippen LogP contribution >= 0.6 is 11.8 Å². The maximum absolute atomic E-state index is 12.3. The number of esters is 1. The summed E-state index contributed by atoms with van der Waals surface area (Å²) in [4.78, 5) is 23.7. The highest BCUT2D eigenvalue weighted by Crippen LogP contribution is 2.37. The minimum atomic E-state index is -0.228. The number of rotatable bonds is 10. The maximum atomic E-state index is 12.3. The Morgan fingerprint density at radius 3 is 2.48 bits per heavy atom. The number of benzene rings is 1. The number of thioether (sulfide) groups is 1. The van der Waals surface area contributed by atoms with Crippen molar-refractivity contribution in [2.24, 2.45) is 0 Å². The van der Waals surface area contributed by atoms with Gasteiger partial charge in [-0.2, -0.15) is 0 Å². The molecule has 0 saturated heterocycles. The summed E-state index contributed by atoms with van der Waals surface area (Å²) in [5, 5.41) is 12.6. The molecule has 180 valence electrons. The molecule has 33 heavy (non-hydrogen) atoms. The minimum absolute atomic E-state index is 0.0686. The average molecular weight is 473 g/mol. The predicted octanol–water partition coefficient (Wildman–Crippen LogP) is 4.91. The first-order valence-corrected chi connectivity index (χ1v) is 12.9. The van der Waals surface area contributed by atoms with Gasteiger partial charge >= 0.3 is 5.97 Å². The molecule has 0 spiro atoms. The Kier molecular flexibility index (Phi) is 8.95. The molecule has 0 aliphatic heterocycles. The van der Waals surface area contributed by atoms with Crippen LogP contribution in [-0.2, 0) is 19.7 Å². The maximum Gasteiger partial charge on any atom is 0.305 e. The van der Waals surface area contributed by atoms with Gasteiger partial charge in [0, 0.05) is 24.6 Å². The quantitative estimate of drug-likeness (QED) is 0.300. The van der Waals surface area contributed by atoms with Crippen molar-refractivity contribution in [1.82, 2.24) is 20.1 Å². The van der Waals surface area contributed by atoms with Crippen LogP contribution in [0.1, 0.15) is 77.8 Å². The van der Waals surface area contributed by atoms with Crippen molar-refractivity contribution in [3.05, 3.63) is 29.8 Å². The lowest BCUT2D eigenvalue weighted by molar-refractivity contribution is -0.143. The molecule has 1 saturated carbocycles. The van der Waals surface area contributed by atoms with Crippen molar-refractivity contribution >= 4 is 23.6 Å². The van der Waals surface area contributed by atoms with Crippen LogP contribution in [0.3, 0.4) is 0 Å². The summed E-state index contributed by atoms with van der Waals surface area (Å²) in [5.74, 6) is 0.849. The fraction of sp³-hybridized carbons (Fsp3) is 0.600. The molecule has 2 aromatic rings. The van der Waals surface area contributed by atoms with Crippen LogP contribution in [0.25, 0.3) is 11.4 Å². The van der Waals surface area contributed by atoms with Gasteiger partial charge in [-0.3, -0.25) is 14.2 Å². The summed E-state index contributed by atoms with van der Waals surface area (Å²) in [6.45, 7) is 9.25. The van der Waals surface area contributed by atoms with Gasteiger partial charge in [-0.05, 0) is 37.2 Å². The Morgan fingerprint density at radius 2 is 1.85 bits per heavy atom. The van der Waals surface area contributed by atoms with E-state index in [1.54, 1.807) is 6.92 Å². The molecule has 1 fully saturated rings. The van der Waals surface area contributed by atoms with Gasteiger partial charge < -0.3 is 10.1 Å². The molecule has 1 aliphatic rings. The van der Waals surface area contributed by atoms with E-state index in [0.717, 1.165) is 29.4 Å². The lowest BCUT2D eigenvalue weighted by Crippen LogP contribution is -2.27. The first-order valence-electron chi connectivity index (χ1n) is 11.9. The van der Waals surface area contributed by atoms with E-state index in [0.29, 0.717) is 32.0 Å². The van der Waals surface area contributed by atoms with Crippen LogP contribution in [0.5, 0.6) is 0 Å². The van der Waals surface area contributed by atoms with Gasteiger partial charge in [-0.25, -0.2) is 0 Å². The van der Waals surface area contributed by atoms with E-state index >= 15 is 0 Å². The third-order valence-electron chi connectivity index (χ3n) is 5.88. The van der Waals surface area contributed by atoms with Gasteiger partial charge in [0.05, 0.1) is 12.4 Å². The zero-order valence-corrected chi connectivity index (χ0v) is 21.0. The van der Waals surface area contributed by atoms with Gasteiger partial charge in [0.15, 0.2) is 11.0 Å². The third-order valence-corrected chi connectivity index (χ3v) is 6.82. The van der Waals surface area contributed by atoms with Gasteiger partial charge in [0.1, 0.15) is 0 Å². The molecule has 0 unspecified atom stereocenters. The predicted molar refractivity (Wildman–Crippen MR) is 131 cm³/mol. The van der Waals surface area contributed by atoms with Crippen LogP contribution in [0.4, 0.5) is 0 Å². The first kappa shape index (κ1) is 25.3. The van der Waals surface area contributed by atoms with E-state index in [2.05, 4.69) is 65.1 Å². The Morgan fingerprint density at radius 1 is 1.15 bits per heavy atom. The van der Waals surface area contributed by atoms with E-state index in [1.807, 2.05) is 0 Å². The van der Waals surface area contributed by atoms with E-state index in [1.165, 1.54) is 30.2 Å². The van der Waals surface area contributed by atoms with E-state index in [-0.39, 0.29) is 23.0 Å². The molecule has 1 aromatic carbocycles. The van der Waals surface area contributed by atoms with Crippen molar-refractivity contribution in [2.75, 3.05) is 18.9 Å². The molecule has 1 aromatic heterocycles. The van der Waals surface area contributed by atoms with Crippen molar-refractivity contribution < 1.29 is 14.3 Å². The molecule has 3 rings (SSSR count). The summed E-state index contributed by atoms with van der Waals surface area (Å²) >= 11 is 1.42. The SMILES string of the molecule is CCOC(=O)CCCNC(=O)CSc1nnc(-c2ccc(C(C)(C)C)cc2)n1C1CCCC1. The topological polar surface area (TPSA) is 86.1 Å². The van der Waals surface area contributed by atoms with Crippen LogP contribution in [0, 0.1) is 0 Å². The average Bonchev–Trinajstić information content (AvgIpc) is 3.44. The normalized spacial score (nSPS) is 14.4. The molecule has 0 bridgehead atoms. The van der Waals surface area contributed by atoms with Crippen LogP contribution in [0.15, 0.2) is 29.4 Å².